The van der Waals surface area contributed by atoms with E-state index in [1.807, 2.05) is 19.1 Å². The van der Waals surface area contributed by atoms with Gasteiger partial charge in [0.15, 0.2) is 0 Å². The normalized spacial score (nSPS) is 20.0. The third-order valence-electron chi connectivity index (χ3n) is 6.62. The second-order valence-electron chi connectivity index (χ2n) is 9.55. The molecule has 212 valence electrons. The molecule has 0 spiro atoms. The van der Waals surface area contributed by atoms with Crippen molar-refractivity contribution < 1.29 is 33.5 Å². The van der Waals surface area contributed by atoms with Crippen molar-refractivity contribution in [2.75, 3.05) is 26.4 Å². The highest BCUT2D eigenvalue weighted by molar-refractivity contribution is 5.93. The van der Waals surface area contributed by atoms with Crippen LogP contribution in [0.5, 0.6) is 5.75 Å². The fraction of sp³-hybridized carbons (Fsp3) is 0.630. The van der Waals surface area contributed by atoms with Crippen molar-refractivity contribution in [1.82, 2.24) is 21.4 Å². The second kappa shape index (κ2) is 17.3. The number of nitrogens with one attached hydrogen (secondary N) is 4. The molecule has 0 radical (unpaired) electrons. The number of carbonyl (C=O) groups excluding carboxylic acids is 4. The first-order valence-electron chi connectivity index (χ1n) is 13.5. The third-order valence-corrected chi connectivity index (χ3v) is 6.62. The lowest BCUT2D eigenvalue weighted by atomic mass is 9.83. The average molecular weight is 537 g/mol. The number of rotatable bonds is 12. The molecule has 10 nitrogen and oxygen atoms in total. The minimum atomic E-state index is -0.989. The van der Waals surface area contributed by atoms with Crippen LogP contribution >= 0.6 is 0 Å². The van der Waals surface area contributed by atoms with E-state index in [0.717, 1.165) is 12.0 Å². The van der Waals surface area contributed by atoms with E-state index < -0.39 is 42.3 Å². The van der Waals surface area contributed by atoms with E-state index >= 15 is 0 Å². The summed E-state index contributed by atoms with van der Waals surface area (Å²) in [5, 5.41) is 17.4. The molecule has 5 N–H and O–H groups in total. The first kappa shape index (κ1) is 31.0. The Morgan fingerprint density at radius 3 is 2.53 bits per heavy atom. The first-order valence-corrected chi connectivity index (χ1v) is 13.5. The van der Waals surface area contributed by atoms with Crippen LogP contribution in [0.25, 0.3) is 0 Å². The summed E-state index contributed by atoms with van der Waals surface area (Å²) in [6.07, 6.45) is 4.62. The number of alkyl halides is 1. The van der Waals surface area contributed by atoms with E-state index in [4.69, 9.17) is 4.74 Å². The monoisotopic (exact) mass is 536 g/mol. The van der Waals surface area contributed by atoms with E-state index in [1.54, 1.807) is 17.6 Å². The van der Waals surface area contributed by atoms with Crippen molar-refractivity contribution in [2.24, 2.45) is 11.8 Å². The van der Waals surface area contributed by atoms with Gasteiger partial charge in [0.2, 0.25) is 23.6 Å². The van der Waals surface area contributed by atoms with Crippen LogP contribution in [0.3, 0.4) is 0 Å². The Morgan fingerprint density at radius 2 is 1.84 bits per heavy atom. The van der Waals surface area contributed by atoms with E-state index in [9.17, 15) is 28.8 Å². The number of ether oxygens (including phenoxy) is 1. The van der Waals surface area contributed by atoms with Crippen molar-refractivity contribution in [2.45, 2.75) is 70.8 Å². The molecule has 2 aliphatic rings. The fourth-order valence-electron chi connectivity index (χ4n) is 4.45. The molecule has 11 heteroatoms. The number of benzene rings is 1. The standard InChI is InChI=1S/C27H41FN4O6/c1-2-3-8-21-22(26(35)32-37)9-7-16-38-20-12-10-19(11-13-20)17-23(31-25(21)34)27(36)30-18-24(33)29-15-6-4-5-14-28/h10-13,21-23,37H,2-9,14-18H2,1H3,(H,29,33)(H,30,36)(H,31,34)(H,32,35)/t21-,22+,23+/m1/s1. The second-order valence-corrected chi connectivity index (χ2v) is 9.55. The zero-order valence-corrected chi connectivity index (χ0v) is 22.1. The van der Waals surface area contributed by atoms with E-state index in [0.29, 0.717) is 63.8 Å². The molecule has 4 amide bonds. The first-order chi connectivity index (χ1) is 18.4. The largest absolute Gasteiger partial charge is 0.494 e. The van der Waals surface area contributed by atoms with Gasteiger partial charge >= 0.3 is 0 Å². The molecule has 0 aromatic heterocycles. The number of hydrogen-bond donors (Lipinski definition) is 5. The number of halogens is 1. The molecule has 0 saturated heterocycles. The van der Waals surface area contributed by atoms with Crippen LogP contribution in [0.4, 0.5) is 4.39 Å². The maximum absolute atomic E-state index is 13.5. The fourth-order valence-corrected chi connectivity index (χ4v) is 4.45. The van der Waals surface area contributed by atoms with Gasteiger partial charge in [-0.05, 0) is 56.2 Å². The van der Waals surface area contributed by atoms with Crippen LogP contribution in [-0.4, -0.2) is 61.2 Å². The highest BCUT2D eigenvalue weighted by Crippen LogP contribution is 2.25. The zero-order chi connectivity index (χ0) is 27.8. The van der Waals surface area contributed by atoms with Crippen molar-refractivity contribution in [1.29, 1.82) is 0 Å². The number of fused-ring (bicyclic) bond motifs is 11. The van der Waals surface area contributed by atoms with Gasteiger partial charge in [-0.2, -0.15) is 0 Å². The summed E-state index contributed by atoms with van der Waals surface area (Å²) in [5.74, 6) is -2.94. The van der Waals surface area contributed by atoms with Gasteiger partial charge in [0.25, 0.3) is 0 Å². The van der Waals surface area contributed by atoms with Gasteiger partial charge < -0.3 is 20.7 Å². The molecule has 2 aliphatic heterocycles. The molecular weight excluding hydrogens is 495 g/mol. The molecular formula is C27H41FN4O6. The molecule has 2 bridgehead atoms. The lowest BCUT2D eigenvalue weighted by Gasteiger charge is -2.28. The summed E-state index contributed by atoms with van der Waals surface area (Å²) >= 11 is 0. The smallest absolute Gasteiger partial charge is 0.247 e. The molecule has 1 aromatic carbocycles. The summed E-state index contributed by atoms with van der Waals surface area (Å²) in [5.41, 5.74) is 2.46. The predicted molar refractivity (Wildman–Crippen MR) is 139 cm³/mol. The maximum atomic E-state index is 13.5. The SMILES string of the molecule is CCCC[C@H]1C(=O)N[C@H](C(=O)NCC(=O)NCCCCCF)Cc2ccc(cc2)OCCC[C@@H]1C(=O)NO. The maximum Gasteiger partial charge on any atom is 0.247 e. The average Bonchev–Trinajstić information content (AvgIpc) is 2.92. The quantitative estimate of drug-likeness (QED) is 0.157. The lowest BCUT2D eigenvalue weighted by Crippen LogP contribution is -2.52. The van der Waals surface area contributed by atoms with Crippen molar-refractivity contribution in [3.63, 3.8) is 0 Å². The van der Waals surface area contributed by atoms with Crippen molar-refractivity contribution in [3.8, 4) is 5.75 Å². The van der Waals surface area contributed by atoms with E-state index in [1.165, 1.54) is 0 Å². The molecule has 1 aromatic rings. The van der Waals surface area contributed by atoms with Crippen LogP contribution in [0.2, 0.25) is 0 Å². The molecule has 38 heavy (non-hydrogen) atoms. The molecule has 0 saturated carbocycles. The Kier molecular flexibility index (Phi) is 14.1. The number of hydrogen-bond acceptors (Lipinski definition) is 6. The Hall–Kier alpha value is -3.21. The van der Waals surface area contributed by atoms with Crippen molar-refractivity contribution >= 4 is 23.6 Å². The Labute approximate surface area is 223 Å². The highest BCUT2D eigenvalue weighted by atomic mass is 19.1. The molecule has 3 rings (SSSR count). The van der Waals surface area contributed by atoms with Gasteiger partial charge in [0.1, 0.15) is 11.8 Å². The molecule has 0 aliphatic carbocycles. The van der Waals surface area contributed by atoms with Crippen LogP contribution in [0.15, 0.2) is 24.3 Å². The molecule has 0 fully saturated rings. The Bertz CT molecular complexity index is 898. The topological polar surface area (TPSA) is 146 Å². The highest BCUT2D eigenvalue weighted by Gasteiger charge is 2.35. The van der Waals surface area contributed by atoms with Gasteiger partial charge in [0.05, 0.1) is 25.7 Å². The zero-order valence-electron chi connectivity index (χ0n) is 22.1. The van der Waals surface area contributed by atoms with Crippen molar-refractivity contribution in [3.05, 3.63) is 29.8 Å². The van der Waals surface area contributed by atoms with Crippen LogP contribution in [0.1, 0.15) is 63.9 Å². The lowest BCUT2D eigenvalue weighted by molar-refractivity contribution is -0.141. The third kappa shape index (κ3) is 10.6. The Balaban J connectivity index is 2.18. The molecule has 3 atom stereocenters. The van der Waals surface area contributed by atoms with Gasteiger partial charge in [-0.15, -0.1) is 0 Å². The van der Waals surface area contributed by atoms with Gasteiger partial charge in [-0.25, -0.2) is 5.48 Å². The van der Waals surface area contributed by atoms with Crippen LogP contribution in [0, 0.1) is 11.8 Å². The number of amides is 4. The van der Waals surface area contributed by atoms with Gasteiger partial charge in [-0.1, -0.05) is 31.9 Å². The minimum absolute atomic E-state index is 0.167. The number of carbonyl (C=O) groups is 4. The van der Waals surface area contributed by atoms with Gasteiger partial charge in [-0.3, -0.25) is 28.8 Å². The minimum Gasteiger partial charge on any atom is -0.494 e. The van der Waals surface area contributed by atoms with Gasteiger partial charge in [0, 0.05) is 18.9 Å². The summed E-state index contributed by atoms with van der Waals surface area (Å²) in [7, 11) is 0. The summed E-state index contributed by atoms with van der Waals surface area (Å²) in [4.78, 5) is 51.3. The van der Waals surface area contributed by atoms with Crippen LogP contribution in [-0.2, 0) is 25.6 Å². The summed E-state index contributed by atoms with van der Waals surface area (Å²) in [6, 6.07) is 6.19. The number of hydroxylamine groups is 1. The number of unbranched alkanes of at least 4 members (excludes halogenated alkanes) is 3. The predicted octanol–water partition coefficient (Wildman–Crippen LogP) is 2.19. The summed E-state index contributed by atoms with van der Waals surface area (Å²) in [6.45, 7) is 2.05. The summed E-state index contributed by atoms with van der Waals surface area (Å²) < 4.78 is 17.9. The molecule has 0 unspecified atom stereocenters. The van der Waals surface area contributed by atoms with Crippen LogP contribution < -0.4 is 26.2 Å². The Morgan fingerprint density at radius 1 is 1.08 bits per heavy atom. The molecule has 2 heterocycles. The van der Waals surface area contributed by atoms with E-state index in [-0.39, 0.29) is 18.9 Å². The van der Waals surface area contributed by atoms with E-state index in [2.05, 4.69) is 16.0 Å².